The van der Waals surface area contributed by atoms with Gasteiger partial charge in [-0.3, -0.25) is 19.5 Å². The first-order valence-corrected chi connectivity index (χ1v) is 11.7. The van der Waals surface area contributed by atoms with Crippen LogP contribution in [0.4, 0.5) is 4.79 Å². The number of ether oxygens (including phenoxy) is 1. The third-order valence-corrected chi connectivity index (χ3v) is 6.19. The Labute approximate surface area is 196 Å². The SMILES string of the molecule is CCC(C)c1ccc(-n2c(SCC(=O)NC(=O)NCCOC)nc3ccccc3c2=O)cc1. The number of nitrogens with one attached hydrogen (secondary N) is 2. The smallest absolute Gasteiger partial charge is 0.321 e. The second-order valence-electron chi connectivity index (χ2n) is 7.54. The number of rotatable bonds is 9. The zero-order valence-electron chi connectivity index (χ0n) is 19.0. The van der Waals surface area contributed by atoms with Crippen LogP contribution in [0.1, 0.15) is 31.7 Å². The van der Waals surface area contributed by atoms with Gasteiger partial charge in [0.2, 0.25) is 5.91 Å². The molecule has 8 nitrogen and oxygen atoms in total. The molecule has 0 saturated carbocycles. The lowest BCUT2D eigenvalue weighted by atomic mass is 9.98. The molecule has 0 saturated heterocycles. The van der Waals surface area contributed by atoms with Gasteiger partial charge in [-0.1, -0.05) is 49.9 Å². The molecule has 1 aromatic heterocycles. The predicted molar refractivity (Wildman–Crippen MR) is 130 cm³/mol. The molecule has 0 aliphatic heterocycles. The molecule has 0 radical (unpaired) electrons. The standard InChI is InChI=1S/C24H28N4O4S/c1-4-16(2)17-9-11-18(12-10-17)28-22(30)19-7-5-6-8-20(19)26-24(28)33-15-21(29)27-23(31)25-13-14-32-3/h5-12,16H,4,13-15H2,1-3H3,(H2,25,27,29,31). The minimum absolute atomic E-state index is 0.0760. The summed E-state index contributed by atoms with van der Waals surface area (Å²) in [6.45, 7) is 4.93. The van der Waals surface area contributed by atoms with Crippen molar-refractivity contribution in [2.75, 3.05) is 26.0 Å². The van der Waals surface area contributed by atoms with Crippen LogP contribution in [0.15, 0.2) is 58.5 Å². The molecule has 33 heavy (non-hydrogen) atoms. The number of thioether (sulfide) groups is 1. The van der Waals surface area contributed by atoms with E-state index < -0.39 is 11.9 Å². The summed E-state index contributed by atoms with van der Waals surface area (Å²) in [5, 5.41) is 5.67. The summed E-state index contributed by atoms with van der Waals surface area (Å²) >= 11 is 1.10. The fraction of sp³-hybridized carbons (Fsp3) is 0.333. The number of benzene rings is 2. The van der Waals surface area contributed by atoms with Crippen molar-refractivity contribution in [3.8, 4) is 5.69 Å². The Bertz CT molecular complexity index is 1180. The lowest BCUT2D eigenvalue weighted by Gasteiger charge is -2.15. The Morgan fingerprint density at radius 2 is 1.88 bits per heavy atom. The van der Waals surface area contributed by atoms with Crippen LogP contribution in [0.3, 0.4) is 0 Å². The number of nitrogens with zero attached hydrogens (tertiary/aromatic N) is 2. The molecule has 9 heteroatoms. The first kappa shape index (κ1) is 24.5. The van der Waals surface area contributed by atoms with Gasteiger partial charge < -0.3 is 10.1 Å². The molecule has 1 heterocycles. The van der Waals surface area contributed by atoms with Crippen LogP contribution in [0.25, 0.3) is 16.6 Å². The number of hydrogen-bond donors (Lipinski definition) is 2. The Morgan fingerprint density at radius 1 is 1.15 bits per heavy atom. The Kier molecular flexibility index (Phi) is 8.62. The van der Waals surface area contributed by atoms with E-state index in [0.29, 0.717) is 40.8 Å². The van der Waals surface area contributed by atoms with E-state index in [4.69, 9.17) is 4.74 Å². The van der Waals surface area contributed by atoms with Gasteiger partial charge in [-0.2, -0.15) is 0 Å². The number of hydrogen-bond acceptors (Lipinski definition) is 6. The normalized spacial score (nSPS) is 11.8. The van der Waals surface area contributed by atoms with Gasteiger partial charge in [0.25, 0.3) is 5.56 Å². The summed E-state index contributed by atoms with van der Waals surface area (Å²) in [5.41, 5.74) is 2.20. The summed E-state index contributed by atoms with van der Waals surface area (Å²) in [7, 11) is 1.52. The number of para-hydroxylation sites is 1. The largest absolute Gasteiger partial charge is 0.383 e. The Morgan fingerprint density at radius 3 is 2.58 bits per heavy atom. The number of amides is 3. The average molecular weight is 469 g/mol. The molecule has 0 aliphatic carbocycles. The van der Waals surface area contributed by atoms with E-state index in [0.717, 1.165) is 18.2 Å². The van der Waals surface area contributed by atoms with Crippen molar-refractivity contribution in [1.29, 1.82) is 0 Å². The Hall–Kier alpha value is -3.17. The van der Waals surface area contributed by atoms with Crippen molar-refractivity contribution in [3.05, 3.63) is 64.4 Å². The fourth-order valence-electron chi connectivity index (χ4n) is 3.23. The summed E-state index contributed by atoms with van der Waals surface area (Å²) in [6.07, 6.45) is 1.02. The number of carbonyl (C=O) groups is 2. The highest BCUT2D eigenvalue weighted by Gasteiger charge is 2.16. The molecule has 0 bridgehead atoms. The summed E-state index contributed by atoms with van der Waals surface area (Å²) in [4.78, 5) is 42.0. The van der Waals surface area contributed by atoms with Crippen LogP contribution in [0.5, 0.6) is 0 Å². The summed E-state index contributed by atoms with van der Waals surface area (Å²) in [5.74, 6) is -0.151. The van der Waals surface area contributed by atoms with Gasteiger partial charge in [-0.25, -0.2) is 9.78 Å². The fourth-order valence-corrected chi connectivity index (χ4v) is 4.04. The molecule has 0 fully saturated rings. The van der Waals surface area contributed by atoms with Gasteiger partial charge in [0.1, 0.15) is 0 Å². The number of methoxy groups -OCH3 is 1. The van der Waals surface area contributed by atoms with Gasteiger partial charge in [0.15, 0.2) is 5.16 Å². The van der Waals surface area contributed by atoms with Gasteiger partial charge in [0.05, 0.1) is 29.0 Å². The maximum absolute atomic E-state index is 13.3. The molecule has 174 valence electrons. The molecule has 1 atom stereocenters. The minimum atomic E-state index is -0.595. The maximum atomic E-state index is 13.3. The quantitative estimate of drug-likeness (QED) is 0.283. The van der Waals surface area contributed by atoms with E-state index >= 15 is 0 Å². The van der Waals surface area contributed by atoms with Gasteiger partial charge in [0, 0.05) is 13.7 Å². The number of fused-ring (bicyclic) bond motifs is 1. The monoisotopic (exact) mass is 468 g/mol. The average Bonchev–Trinajstić information content (AvgIpc) is 2.82. The first-order valence-electron chi connectivity index (χ1n) is 10.8. The van der Waals surface area contributed by atoms with Gasteiger partial charge in [-0.15, -0.1) is 0 Å². The lowest BCUT2D eigenvalue weighted by Crippen LogP contribution is -2.41. The van der Waals surface area contributed by atoms with E-state index in [1.165, 1.54) is 17.2 Å². The van der Waals surface area contributed by atoms with Crippen LogP contribution in [-0.4, -0.2) is 47.5 Å². The molecule has 3 aromatic rings. The number of aromatic nitrogens is 2. The van der Waals surface area contributed by atoms with E-state index in [2.05, 4.69) is 29.5 Å². The van der Waals surface area contributed by atoms with Crippen LogP contribution < -0.4 is 16.2 Å². The number of imide groups is 1. The van der Waals surface area contributed by atoms with E-state index in [1.54, 1.807) is 18.2 Å². The highest BCUT2D eigenvalue weighted by Crippen LogP contribution is 2.24. The van der Waals surface area contributed by atoms with E-state index in [9.17, 15) is 14.4 Å². The molecule has 2 aromatic carbocycles. The topological polar surface area (TPSA) is 102 Å². The van der Waals surface area contributed by atoms with Crippen LogP contribution in [0, 0.1) is 0 Å². The highest BCUT2D eigenvalue weighted by atomic mass is 32.2. The second-order valence-corrected chi connectivity index (χ2v) is 8.48. The van der Waals surface area contributed by atoms with Crippen molar-refractivity contribution < 1.29 is 14.3 Å². The number of carbonyl (C=O) groups excluding carboxylic acids is 2. The van der Waals surface area contributed by atoms with Crippen molar-refractivity contribution in [2.45, 2.75) is 31.3 Å². The molecular formula is C24H28N4O4S. The predicted octanol–water partition coefficient (Wildman–Crippen LogP) is 3.46. The lowest BCUT2D eigenvalue weighted by molar-refractivity contribution is -0.117. The molecule has 0 spiro atoms. The number of urea groups is 1. The zero-order chi connectivity index (χ0) is 23.8. The summed E-state index contributed by atoms with van der Waals surface area (Å²) in [6, 6.07) is 14.3. The molecule has 0 aliphatic rings. The van der Waals surface area contributed by atoms with Crippen LogP contribution in [-0.2, 0) is 9.53 Å². The van der Waals surface area contributed by atoms with Gasteiger partial charge in [-0.05, 0) is 42.2 Å². The van der Waals surface area contributed by atoms with Crippen LogP contribution in [0.2, 0.25) is 0 Å². The van der Waals surface area contributed by atoms with Crippen LogP contribution >= 0.6 is 11.8 Å². The third kappa shape index (κ3) is 6.21. The Balaban J connectivity index is 1.87. The highest BCUT2D eigenvalue weighted by molar-refractivity contribution is 7.99. The van der Waals surface area contributed by atoms with Gasteiger partial charge >= 0.3 is 6.03 Å². The van der Waals surface area contributed by atoms with Crippen molar-refractivity contribution in [2.24, 2.45) is 0 Å². The second kappa shape index (κ2) is 11.6. The maximum Gasteiger partial charge on any atom is 0.321 e. The van der Waals surface area contributed by atoms with Crippen molar-refractivity contribution in [1.82, 2.24) is 20.2 Å². The minimum Gasteiger partial charge on any atom is -0.383 e. The zero-order valence-corrected chi connectivity index (χ0v) is 19.8. The molecule has 3 rings (SSSR count). The summed E-state index contributed by atoms with van der Waals surface area (Å²) < 4.78 is 6.37. The third-order valence-electron chi connectivity index (χ3n) is 5.25. The van der Waals surface area contributed by atoms with E-state index in [1.807, 2.05) is 30.3 Å². The first-order chi connectivity index (χ1) is 15.9. The molecular weight excluding hydrogens is 440 g/mol. The van der Waals surface area contributed by atoms with E-state index in [-0.39, 0.29) is 11.3 Å². The molecule has 3 amide bonds. The van der Waals surface area contributed by atoms with Crippen molar-refractivity contribution >= 4 is 34.6 Å². The molecule has 1 unspecified atom stereocenters. The van der Waals surface area contributed by atoms with Crippen molar-refractivity contribution in [3.63, 3.8) is 0 Å². The molecule has 2 N–H and O–H groups in total.